The molecule has 0 radical (unpaired) electrons. The highest BCUT2D eigenvalue weighted by Gasteiger charge is 2.29. The molecule has 1 aliphatic rings. The maximum Gasteiger partial charge on any atom is 0.408 e. The maximum atomic E-state index is 11.7. The smallest absolute Gasteiger partial charge is 0.408 e. The standard InChI is InChI=1S/C20H33N7O3/c1-5-8-13(2)30-19-24-17(21)18-22-12-16(27(18)25-19)11-15-9-6-7-10-26(15)14(3)23-20(28)29-4/h12-15H,5-11H2,1-4H3,(H,23,28)(H2,21,24,25). The number of carbonyl (C=O) groups is 1. The molecule has 3 unspecified atom stereocenters. The molecule has 2 aromatic heterocycles. The zero-order chi connectivity index (χ0) is 21.7. The van der Waals surface area contributed by atoms with Gasteiger partial charge in [0.1, 0.15) is 0 Å². The van der Waals surface area contributed by atoms with E-state index in [2.05, 4.69) is 32.2 Å². The Bertz CT molecular complexity index is 856. The first-order chi connectivity index (χ1) is 14.4. The van der Waals surface area contributed by atoms with Gasteiger partial charge in [0.25, 0.3) is 0 Å². The van der Waals surface area contributed by atoms with E-state index in [0.29, 0.717) is 11.5 Å². The summed E-state index contributed by atoms with van der Waals surface area (Å²) in [6.07, 6.45) is 7.18. The molecule has 3 atom stereocenters. The lowest BCUT2D eigenvalue weighted by molar-refractivity contribution is 0.0779. The van der Waals surface area contributed by atoms with E-state index in [4.69, 9.17) is 15.2 Å². The summed E-state index contributed by atoms with van der Waals surface area (Å²) >= 11 is 0. The van der Waals surface area contributed by atoms with Gasteiger partial charge in [-0.25, -0.2) is 14.3 Å². The Kier molecular flexibility index (Phi) is 7.30. The number of anilines is 1. The number of amides is 1. The maximum absolute atomic E-state index is 11.7. The molecule has 3 heterocycles. The van der Waals surface area contributed by atoms with E-state index in [9.17, 15) is 4.79 Å². The van der Waals surface area contributed by atoms with Crippen molar-refractivity contribution in [3.63, 3.8) is 0 Å². The molecule has 1 aliphatic heterocycles. The van der Waals surface area contributed by atoms with Gasteiger partial charge in [0.05, 0.1) is 31.3 Å². The summed E-state index contributed by atoms with van der Waals surface area (Å²) in [5.74, 6) is 0.302. The second kappa shape index (κ2) is 9.92. The van der Waals surface area contributed by atoms with E-state index < -0.39 is 6.09 Å². The first-order valence-corrected chi connectivity index (χ1v) is 10.7. The zero-order valence-electron chi connectivity index (χ0n) is 18.3. The van der Waals surface area contributed by atoms with Gasteiger partial charge in [-0.3, -0.25) is 4.90 Å². The van der Waals surface area contributed by atoms with Crippen molar-refractivity contribution in [3.05, 3.63) is 11.9 Å². The Morgan fingerprint density at radius 1 is 1.40 bits per heavy atom. The van der Waals surface area contributed by atoms with Gasteiger partial charge in [0.15, 0.2) is 11.5 Å². The molecule has 3 N–H and O–H groups in total. The number of nitrogens with zero attached hydrogens (tertiary/aromatic N) is 5. The second-order valence-corrected chi connectivity index (χ2v) is 7.89. The molecule has 0 saturated carbocycles. The van der Waals surface area contributed by atoms with Gasteiger partial charge in [-0.1, -0.05) is 19.8 Å². The Labute approximate surface area is 177 Å². The van der Waals surface area contributed by atoms with Crippen LogP contribution in [0.1, 0.15) is 58.6 Å². The van der Waals surface area contributed by atoms with Crippen LogP contribution in [0, 0.1) is 0 Å². The molecule has 0 bridgehead atoms. The third-order valence-corrected chi connectivity index (χ3v) is 5.57. The van der Waals surface area contributed by atoms with Crippen molar-refractivity contribution < 1.29 is 14.3 Å². The number of rotatable bonds is 8. The molecule has 3 rings (SSSR count). The van der Waals surface area contributed by atoms with Crippen LogP contribution in [0.25, 0.3) is 5.65 Å². The van der Waals surface area contributed by atoms with Crippen LogP contribution in [0.15, 0.2) is 6.20 Å². The monoisotopic (exact) mass is 419 g/mol. The Morgan fingerprint density at radius 2 is 2.20 bits per heavy atom. The zero-order valence-corrected chi connectivity index (χ0v) is 18.3. The van der Waals surface area contributed by atoms with Crippen molar-refractivity contribution in [2.45, 2.75) is 77.6 Å². The normalized spacial score (nSPS) is 19.4. The summed E-state index contributed by atoms with van der Waals surface area (Å²) in [5, 5.41) is 7.42. The molecule has 166 valence electrons. The summed E-state index contributed by atoms with van der Waals surface area (Å²) < 4.78 is 12.3. The van der Waals surface area contributed by atoms with E-state index in [1.807, 2.05) is 13.8 Å². The number of hydrogen-bond acceptors (Lipinski definition) is 8. The number of likely N-dealkylation sites (tertiary alicyclic amines) is 1. The van der Waals surface area contributed by atoms with Crippen LogP contribution in [0.4, 0.5) is 10.6 Å². The number of fused-ring (bicyclic) bond motifs is 1. The number of nitrogens with two attached hydrogens (primary N) is 1. The van der Waals surface area contributed by atoms with Gasteiger partial charge >= 0.3 is 12.1 Å². The SMILES string of the molecule is CCCC(C)Oc1nc(N)c2ncc(CC3CCCCN3C(C)NC(=O)OC)n2n1. The summed E-state index contributed by atoms with van der Waals surface area (Å²) in [7, 11) is 1.37. The highest BCUT2D eigenvalue weighted by atomic mass is 16.5. The van der Waals surface area contributed by atoms with Crippen molar-refractivity contribution in [3.8, 4) is 6.01 Å². The topological polar surface area (TPSA) is 120 Å². The van der Waals surface area contributed by atoms with Gasteiger partial charge in [-0.15, -0.1) is 5.10 Å². The molecule has 2 aromatic rings. The summed E-state index contributed by atoms with van der Waals surface area (Å²) in [5.41, 5.74) is 7.58. The van der Waals surface area contributed by atoms with Gasteiger partial charge in [-0.05, 0) is 33.1 Å². The number of carbonyl (C=O) groups excluding carboxylic acids is 1. The average Bonchev–Trinajstić information content (AvgIpc) is 3.11. The van der Waals surface area contributed by atoms with E-state index in [1.165, 1.54) is 7.11 Å². The number of imidazole rings is 1. The number of methoxy groups -OCH3 is 1. The Hall–Kier alpha value is -2.62. The molecule has 10 nitrogen and oxygen atoms in total. The van der Waals surface area contributed by atoms with Crippen LogP contribution in [0.5, 0.6) is 6.01 Å². The highest BCUT2D eigenvalue weighted by Crippen LogP contribution is 2.24. The highest BCUT2D eigenvalue weighted by molar-refractivity contribution is 5.67. The molecule has 0 aromatic carbocycles. The molecule has 10 heteroatoms. The number of hydrogen-bond donors (Lipinski definition) is 2. The second-order valence-electron chi connectivity index (χ2n) is 7.89. The third-order valence-electron chi connectivity index (χ3n) is 5.57. The number of ether oxygens (including phenoxy) is 2. The van der Waals surface area contributed by atoms with Crippen LogP contribution in [0.2, 0.25) is 0 Å². The third kappa shape index (κ3) is 5.10. The van der Waals surface area contributed by atoms with E-state index >= 15 is 0 Å². The van der Waals surface area contributed by atoms with Gasteiger partial charge < -0.3 is 20.5 Å². The largest absolute Gasteiger partial charge is 0.459 e. The molecule has 1 fully saturated rings. The first kappa shape index (κ1) is 22.1. The average molecular weight is 420 g/mol. The number of nitrogens with one attached hydrogen (secondary N) is 1. The van der Waals surface area contributed by atoms with Crippen molar-refractivity contribution in [1.82, 2.24) is 29.8 Å². The Morgan fingerprint density at radius 3 is 2.93 bits per heavy atom. The van der Waals surface area contributed by atoms with Crippen LogP contribution in [0.3, 0.4) is 0 Å². The summed E-state index contributed by atoms with van der Waals surface area (Å²) in [4.78, 5) is 22.6. The minimum Gasteiger partial charge on any atom is -0.459 e. The van der Waals surface area contributed by atoms with Crippen LogP contribution >= 0.6 is 0 Å². The Balaban J connectivity index is 1.81. The van der Waals surface area contributed by atoms with E-state index in [1.54, 1.807) is 10.7 Å². The molecule has 1 saturated heterocycles. The van der Waals surface area contributed by atoms with Crippen molar-refractivity contribution in [2.75, 3.05) is 19.4 Å². The first-order valence-electron chi connectivity index (χ1n) is 10.7. The minimum atomic E-state index is -0.426. The van der Waals surface area contributed by atoms with Crippen molar-refractivity contribution in [2.24, 2.45) is 0 Å². The van der Waals surface area contributed by atoms with Crippen molar-refractivity contribution in [1.29, 1.82) is 0 Å². The predicted molar refractivity (Wildman–Crippen MR) is 113 cm³/mol. The molecular weight excluding hydrogens is 386 g/mol. The fourth-order valence-electron chi connectivity index (χ4n) is 4.07. The van der Waals surface area contributed by atoms with E-state index in [-0.39, 0.29) is 24.3 Å². The summed E-state index contributed by atoms with van der Waals surface area (Å²) in [6.45, 7) is 6.99. The molecule has 0 spiro atoms. The van der Waals surface area contributed by atoms with Gasteiger partial charge in [0, 0.05) is 19.0 Å². The summed E-state index contributed by atoms with van der Waals surface area (Å²) in [6, 6.07) is 0.506. The molecular formula is C20H33N7O3. The fourth-order valence-corrected chi connectivity index (χ4v) is 4.07. The van der Waals surface area contributed by atoms with Gasteiger partial charge in [0.2, 0.25) is 0 Å². The number of nitrogen functional groups attached to an aromatic ring is 1. The quantitative estimate of drug-likeness (QED) is 0.669. The predicted octanol–water partition coefficient (Wildman–Crippen LogP) is 2.37. The lowest BCUT2D eigenvalue weighted by Gasteiger charge is -2.39. The molecule has 0 aliphatic carbocycles. The van der Waals surface area contributed by atoms with Gasteiger partial charge in [-0.2, -0.15) is 4.98 Å². The van der Waals surface area contributed by atoms with Crippen LogP contribution in [-0.2, 0) is 11.2 Å². The number of alkyl carbamates (subject to hydrolysis) is 1. The van der Waals surface area contributed by atoms with Crippen LogP contribution in [-0.4, -0.2) is 62.5 Å². The lowest BCUT2D eigenvalue weighted by Crippen LogP contribution is -2.53. The van der Waals surface area contributed by atoms with Crippen LogP contribution < -0.4 is 15.8 Å². The number of piperidine rings is 1. The minimum absolute atomic E-state index is 0.0119. The lowest BCUT2D eigenvalue weighted by atomic mass is 9.97. The molecule has 1 amide bonds. The molecule has 30 heavy (non-hydrogen) atoms. The van der Waals surface area contributed by atoms with Crippen molar-refractivity contribution >= 4 is 17.6 Å². The fraction of sp³-hybridized carbons (Fsp3) is 0.700. The van der Waals surface area contributed by atoms with E-state index in [0.717, 1.165) is 50.8 Å². The number of aromatic nitrogens is 4.